The van der Waals surface area contributed by atoms with Gasteiger partial charge in [-0.2, -0.15) is 4.57 Å². The minimum atomic E-state index is -4.94. The molecule has 2 heterocycles. The first-order valence-corrected chi connectivity index (χ1v) is 11.8. The zero-order valence-electron chi connectivity index (χ0n) is 17.4. The number of aromatic nitrogens is 1. The van der Waals surface area contributed by atoms with E-state index < -0.39 is 10.2 Å². The number of rotatable bonds is 3. The number of fused-ring (bicyclic) bond motifs is 1. The van der Waals surface area contributed by atoms with E-state index in [1.165, 1.54) is 73.8 Å². The summed E-state index contributed by atoms with van der Waals surface area (Å²) >= 11 is 0. The molecule has 0 bridgehead atoms. The average molecular weight is 433 g/mol. The van der Waals surface area contributed by atoms with E-state index in [1.54, 1.807) is 5.70 Å². The number of aryl methyl sites for hydroxylation is 1. The second kappa shape index (κ2) is 10.4. The van der Waals surface area contributed by atoms with Crippen molar-refractivity contribution in [2.75, 3.05) is 13.1 Å². The molecule has 4 rings (SSSR count). The summed E-state index contributed by atoms with van der Waals surface area (Å²) in [4.78, 5) is 2.63. The number of allylic oxidation sites excluding steroid dienone is 3. The molecule has 6 nitrogen and oxygen atoms in total. The number of hydrogen-bond acceptors (Lipinski definition) is 5. The smallest absolute Gasteiger partial charge is 0.212 e. The Morgan fingerprint density at radius 3 is 2.33 bits per heavy atom. The van der Waals surface area contributed by atoms with Crippen LogP contribution in [-0.4, -0.2) is 18.0 Å². The first-order chi connectivity index (χ1) is 14.3. The standard InChI is InChI=1S/C23H29N2.ClHO4/c1-2-25-22(14-13-20-10-4-5-12-23(20)25)18-19-9-8-11-21(17-19)24-15-6-3-7-16-24;2-1(3,4)5/h4-5,10,12-14,17-18H,2-3,6-9,11,15-16H2,1H3;(H,2,3,4,5)/q+1;/p-1. The fourth-order valence-electron chi connectivity index (χ4n) is 4.32. The minimum Gasteiger partial charge on any atom is -0.375 e. The molecule has 0 atom stereocenters. The number of pyridine rings is 1. The van der Waals surface area contributed by atoms with Crippen molar-refractivity contribution in [3.05, 3.63) is 59.4 Å². The van der Waals surface area contributed by atoms with Crippen molar-refractivity contribution >= 4 is 17.0 Å². The van der Waals surface area contributed by atoms with Crippen LogP contribution in [0.3, 0.4) is 0 Å². The maximum atomic E-state index is 8.49. The number of hydrogen-bond donors (Lipinski definition) is 0. The summed E-state index contributed by atoms with van der Waals surface area (Å²) in [5, 5.41) is 1.32. The van der Waals surface area contributed by atoms with Crippen LogP contribution in [0.1, 0.15) is 51.1 Å². The van der Waals surface area contributed by atoms with Crippen LogP contribution in [0.2, 0.25) is 0 Å². The predicted octanol–water partition coefficient (Wildman–Crippen LogP) is 0.328. The molecule has 1 aliphatic carbocycles. The first-order valence-electron chi connectivity index (χ1n) is 10.5. The summed E-state index contributed by atoms with van der Waals surface area (Å²) in [5.41, 5.74) is 5.72. The molecule has 30 heavy (non-hydrogen) atoms. The van der Waals surface area contributed by atoms with Crippen molar-refractivity contribution in [3.8, 4) is 0 Å². The van der Waals surface area contributed by atoms with Crippen LogP contribution in [0, 0.1) is 10.2 Å². The molecule has 1 saturated heterocycles. The fraction of sp³-hybridized carbons (Fsp3) is 0.435. The normalized spacial score (nSPS) is 18.8. The molecule has 0 unspecified atom stereocenters. The highest BCUT2D eigenvalue weighted by Gasteiger charge is 2.18. The molecule has 0 amide bonds. The number of benzene rings is 1. The SMILES string of the molecule is CC[n+]1c(/C=C2/C=C(N3CCCCC3)CCC2)ccc2ccccc21.[O-][Cl+3]([O-])([O-])[O-]. The van der Waals surface area contributed by atoms with Crippen molar-refractivity contribution in [1.29, 1.82) is 0 Å². The molecule has 1 fully saturated rings. The van der Waals surface area contributed by atoms with Crippen LogP contribution in [0.5, 0.6) is 0 Å². The van der Waals surface area contributed by atoms with Crippen LogP contribution in [0.25, 0.3) is 17.0 Å². The number of likely N-dealkylation sites (tertiary alicyclic amines) is 1. The zero-order valence-corrected chi connectivity index (χ0v) is 18.1. The Labute approximate surface area is 180 Å². The van der Waals surface area contributed by atoms with E-state index in [2.05, 4.69) is 64.9 Å². The molecule has 0 saturated carbocycles. The molecule has 7 heteroatoms. The molecule has 0 spiro atoms. The highest BCUT2D eigenvalue weighted by atomic mass is 35.7. The van der Waals surface area contributed by atoms with E-state index in [0.717, 1.165) is 6.54 Å². The summed E-state index contributed by atoms with van der Waals surface area (Å²) in [7, 11) is -4.94. The summed E-state index contributed by atoms with van der Waals surface area (Å²) in [6, 6.07) is 13.2. The van der Waals surface area contributed by atoms with E-state index in [9.17, 15) is 0 Å². The first kappa shape index (κ1) is 22.7. The third-order valence-electron chi connectivity index (χ3n) is 5.64. The maximum absolute atomic E-state index is 8.49. The summed E-state index contributed by atoms with van der Waals surface area (Å²) in [6.45, 7) is 5.75. The van der Waals surface area contributed by atoms with Gasteiger partial charge in [-0.25, -0.2) is 18.6 Å². The topological polar surface area (TPSA) is 99.4 Å². The molecular weight excluding hydrogens is 404 g/mol. The monoisotopic (exact) mass is 432 g/mol. The number of piperidine rings is 1. The third kappa shape index (κ3) is 6.52. The Morgan fingerprint density at radius 1 is 0.933 bits per heavy atom. The van der Waals surface area contributed by atoms with Crippen LogP contribution in [0.15, 0.2) is 53.7 Å². The molecule has 2 aromatic rings. The quantitative estimate of drug-likeness (QED) is 0.651. The number of nitrogens with zero attached hydrogens (tertiary/aromatic N) is 2. The van der Waals surface area contributed by atoms with Gasteiger partial charge in [0.2, 0.25) is 11.2 Å². The fourth-order valence-corrected chi connectivity index (χ4v) is 4.32. The molecule has 1 aromatic carbocycles. The Bertz CT molecular complexity index is 909. The van der Waals surface area contributed by atoms with Gasteiger partial charge in [0.1, 0.15) is 6.54 Å². The Kier molecular flexibility index (Phi) is 7.86. The van der Waals surface area contributed by atoms with Gasteiger partial charge in [0.25, 0.3) is 0 Å². The second-order valence-corrected chi connectivity index (χ2v) is 8.45. The Balaban J connectivity index is 0.000000461. The van der Waals surface area contributed by atoms with Crippen LogP contribution < -0.4 is 23.2 Å². The lowest BCUT2D eigenvalue weighted by atomic mass is 9.96. The molecule has 1 aromatic heterocycles. The lowest BCUT2D eigenvalue weighted by molar-refractivity contribution is -2.00. The van der Waals surface area contributed by atoms with Gasteiger partial charge in [0, 0.05) is 42.4 Å². The van der Waals surface area contributed by atoms with Gasteiger partial charge in [0.05, 0.1) is 0 Å². The van der Waals surface area contributed by atoms with Crippen molar-refractivity contribution in [1.82, 2.24) is 4.90 Å². The number of halogens is 1. The largest absolute Gasteiger partial charge is 0.375 e. The molecule has 0 N–H and O–H groups in total. The maximum Gasteiger partial charge on any atom is 0.212 e. The lowest BCUT2D eigenvalue weighted by Crippen LogP contribution is -2.68. The van der Waals surface area contributed by atoms with Crippen LogP contribution >= 0.6 is 0 Å². The summed E-state index contributed by atoms with van der Waals surface area (Å²) in [6.07, 6.45) is 12.8. The Hall–Kier alpha value is -1.96. The van der Waals surface area contributed by atoms with Gasteiger partial charge in [-0.3, -0.25) is 0 Å². The summed E-state index contributed by atoms with van der Waals surface area (Å²) < 4.78 is 36.4. The van der Waals surface area contributed by atoms with E-state index in [0.29, 0.717) is 0 Å². The zero-order chi connectivity index (χ0) is 21.6. The van der Waals surface area contributed by atoms with E-state index in [1.807, 2.05) is 0 Å². The molecule has 2 aliphatic rings. The summed E-state index contributed by atoms with van der Waals surface area (Å²) in [5.74, 6) is 0. The van der Waals surface area contributed by atoms with E-state index >= 15 is 0 Å². The van der Waals surface area contributed by atoms with Crippen molar-refractivity contribution in [2.45, 2.75) is 52.0 Å². The highest BCUT2D eigenvalue weighted by molar-refractivity contribution is 5.76. The molecule has 162 valence electrons. The van der Waals surface area contributed by atoms with E-state index in [4.69, 9.17) is 18.6 Å². The van der Waals surface area contributed by atoms with Crippen molar-refractivity contribution in [3.63, 3.8) is 0 Å². The molecular formula is C23H29ClN2O4. The number of para-hydroxylation sites is 1. The van der Waals surface area contributed by atoms with Crippen LogP contribution in [-0.2, 0) is 6.54 Å². The molecule has 1 aliphatic heterocycles. The second-order valence-electron chi connectivity index (χ2n) is 7.70. The van der Waals surface area contributed by atoms with Gasteiger partial charge >= 0.3 is 0 Å². The minimum absolute atomic E-state index is 1.00. The van der Waals surface area contributed by atoms with Crippen molar-refractivity contribution < 1.29 is 33.4 Å². The average Bonchev–Trinajstić information content (AvgIpc) is 2.73. The van der Waals surface area contributed by atoms with Gasteiger partial charge in [-0.1, -0.05) is 12.1 Å². The lowest BCUT2D eigenvalue weighted by Gasteiger charge is -2.33. The van der Waals surface area contributed by atoms with Crippen molar-refractivity contribution in [2.24, 2.45) is 0 Å². The van der Waals surface area contributed by atoms with Gasteiger partial charge in [0.15, 0.2) is 0 Å². The highest BCUT2D eigenvalue weighted by Crippen LogP contribution is 2.28. The van der Waals surface area contributed by atoms with Crippen LogP contribution in [0.4, 0.5) is 0 Å². The molecule has 0 radical (unpaired) electrons. The predicted molar refractivity (Wildman–Crippen MR) is 105 cm³/mol. The van der Waals surface area contributed by atoms with E-state index in [-0.39, 0.29) is 0 Å². The third-order valence-corrected chi connectivity index (χ3v) is 5.64. The van der Waals surface area contributed by atoms with Gasteiger partial charge < -0.3 is 4.90 Å². The van der Waals surface area contributed by atoms with Gasteiger partial charge in [-0.05, 0) is 69.2 Å². The Morgan fingerprint density at radius 2 is 1.63 bits per heavy atom. The van der Waals surface area contributed by atoms with Gasteiger partial charge in [-0.15, -0.1) is 10.2 Å².